The van der Waals surface area contributed by atoms with Crippen LogP contribution < -0.4 is 0 Å². The molecule has 2 rings (SSSR count). The first-order chi connectivity index (χ1) is 7.04. The van der Waals surface area contributed by atoms with Gasteiger partial charge in [0, 0.05) is 6.20 Å². The van der Waals surface area contributed by atoms with Crippen LogP contribution in [0.5, 0.6) is 0 Å². The minimum Gasteiger partial charge on any atom is -0.306 e. The number of halogens is 3. The minimum absolute atomic E-state index is 0.0417. The molecular weight excluding hydrogens is 205 g/mol. The molecule has 1 heterocycles. The molecule has 0 aliphatic rings. The second-order valence-corrected chi connectivity index (χ2v) is 3.01. The van der Waals surface area contributed by atoms with Crippen LogP contribution in [0.1, 0.15) is 5.56 Å². The third-order valence-corrected chi connectivity index (χ3v) is 2.10. The number of fused-ring (bicyclic) bond motifs is 1. The van der Waals surface area contributed by atoms with Crippen LogP contribution in [0.3, 0.4) is 0 Å². The van der Waals surface area contributed by atoms with Crippen LogP contribution in [-0.2, 0) is 6.18 Å². The second-order valence-electron chi connectivity index (χ2n) is 3.01. The van der Waals surface area contributed by atoms with Gasteiger partial charge in [0.15, 0.2) is 0 Å². The Morgan fingerprint density at radius 1 is 1.33 bits per heavy atom. The molecule has 2 aromatic rings. The fourth-order valence-corrected chi connectivity index (χ4v) is 1.46. The van der Waals surface area contributed by atoms with Crippen LogP contribution in [0.2, 0.25) is 0 Å². The number of aromatic nitrogens is 2. The van der Waals surface area contributed by atoms with Crippen LogP contribution in [0.15, 0.2) is 31.1 Å². The summed E-state index contributed by atoms with van der Waals surface area (Å²) in [5, 5.41) is 0. The largest absolute Gasteiger partial charge is 0.418 e. The van der Waals surface area contributed by atoms with E-state index in [1.54, 1.807) is 0 Å². The summed E-state index contributed by atoms with van der Waals surface area (Å²) in [6.07, 6.45) is -1.77. The molecule has 78 valence electrons. The normalized spacial score (nSPS) is 11.9. The monoisotopic (exact) mass is 212 g/mol. The maximum atomic E-state index is 12.6. The number of rotatable bonds is 1. The Morgan fingerprint density at radius 3 is 2.67 bits per heavy atom. The van der Waals surface area contributed by atoms with Crippen molar-refractivity contribution in [1.29, 1.82) is 0 Å². The van der Waals surface area contributed by atoms with Gasteiger partial charge in [0.2, 0.25) is 0 Å². The lowest BCUT2D eigenvalue weighted by Gasteiger charge is -2.08. The van der Waals surface area contributed by atoms with Crippen molar-refractivity contribution < 1.29 is 13.2 Å². The van der Waals surface area contributed by atoms with Crippen LogP contribution in [0.25, 0.3) is 17.2 Å². The highest BCUT2D eigenvalue weighted by Crippen LogP contribution is 2.34. The van der Waals surface area contributed by atoms with Gasteiger partial charge in [0.1, 0.15) is 0 Å². The van der Waals surface area contributed by atoms with E-state index in [-0.39, 0.29) is 5.52 Å². The van der Waals surface area contributed by atoms with Crippen molar-refractivity contribution in [2.45, 2.75) is 6.18 Å². The Kier molecular flexibility index (Phi) is 2.03. The molecule has 2 nitrogen and oxygen atoms in total. The third-order valence-electron chi connectivity index (χ3n) is 2.10. The summed E-state index contributed by atoms with van der Waals surface area (Å²) in [5.41, 5.74) is -0.345. The van der Waals surface area contributed by atoms with E-state index in [2.05, 4.69) is 11.6 Å². The molecule has 0 atom stereocenters. The Morgan fingerprint density at radius 2 is 2.07 bits per heavy atom. The zero-order valence-corrected chi connectivity index (χ0v) is 7.62. The number of benzene rings is 1. The maximum absolute atomic E-state index is 12.6. The predicted molar refractivity (Wildman–Crippen MR) is 51.1 cm³/mol. The highest BCUT2D eigenvalue weighted by molar-refractivity contribution is 5.81. The summed E-state index contributed by atoms with van der Waals surface area (Å²) in [6, 6.07) is 3.90. The number of alkyl halides is 3. The van der Waals surface area contributed by atoms with Gasteiger partial charge in [-0.2, -0.15) is 13.2 Å². The molecule has 0 amide bonds. The Hall–Kier alpha value is -1.78. The van der Waals surface area contributed by atoms with Crippen molar-refractivity contribution >= 4 is 17.2 Å². The zero-order valence-electron chi connectivity index (χ0n) is 7.62. The summed E-state index contributed by atoms with van der Waals surface area (Å²) in [6.45, 7) is 3.43. The van der Waals surface area contributed by atoms with Gasteiger partial charge in [0.25, 0.3) is 0 Å². The average Bonchev–Trinajstić information content (AvgIpc) is 2.58. The fourth-order valence-electron chi connectivity index (χ4n) is 1.46. The van der Waals surface area contributed by atoms with Crippen molar-refractivity contribution in [2.24, 2.45) is 0 Å². The zero-order chi connectivity index (χ0) is 11.1. The van der Waals surface area contributed by atoms with E-state index in [4.69, 9.17) is 0 Å². The second kappa shape index (κ2) is 3.12. The van der Waals surface area contributed by atoms with E-state index in [1.807, 2.05) is 0 Å². The molecule has 0 saturated carbocycles. The number of nitrogens with zero attached hydrogens (tertiary/aromatic N) is 2. The smallest absolute Gasteiger partial charge is 0.306 e. The van der Waals surface area contributed by atoms with Gasteiger partial charge in [-0.3, -0.25) is 0 Å². The number of imidazole rings is 1. The molecule has 15 heavy (non-hydrogen) atoms. The quantitative estimate of drug-likeness (QED) is 0.709. The van der Waals surface area contributed by atoms with E-state index < -0.39 is 11.7 Å². The SMILES string of the molecule is C=Cn1cnc2cccc(C(F)(F)F)c21. The van der Waals surface area contributed by atoms with E-state index in [1.165, 1.54) is 29.2 Å². The van der Waals surface area contributed by atoms with Gasteiger partial charge in [-0.25, -0.2) is 4.98 Å². The lowest BCUT2D eigenvalue weighted by molar-refractivity contribution is -0.136. The van der Waals surface area contributed by atoms with Gasteiger partial charge in [-0.1, -0.05) is 12.6 Å². The van der Waals surface area contributed by atoms with Crippen molar-refractivity contribution in [3.8, 4) is 0 Å². The molecule has 5 heteroatoms. The Labute approximate surface area is 83.7 Å². The highest BCUT2D eigenvalue weighted by atomic mass is 19.4. The first-order valence-electron chi connectivity index (χ1n) is 4.19. The Balaban J connectivity index is 2.84. The predicted octanol–water partition coefficient (Wildman–Crippen LogP) is 3.16. The van der Waals surface area contributed by atoms with Crippen LogP contribution in [-0.4, -0.2) is 9.55 Å². The van der Waals surface area contributed by atoms with Crippen LogP contribution in [0, 0.1) is 0 Å². The van der Waals surface area contributed by atoms with Crippen molar-refractivity contribution in [3.05, 3.63) is 36.7 Å². The standard InChI is InChI=1S/C10H7F3N2/c1-2-15-6-14-8-5-3-4-7(9(8)15)10(11,12)13/h2-6H,1H2. The molecule has 0 fully saturated rings. The summed E-state index contributed by atoms with van der Waals surface area (Å²) in [4.78, 5) is 3.86. The first kappa shape index (κ1) is 9.76. The Bertz CT molecular complexity index is 511. The van der Waals surface area contributed by atoms with Crippen LogP contribution in [0.4, 0.5) is 13.2 Å². The van der Waals surface area contributed by atoms with E-state index in [0.717, 1.165) is 6.07 Å². The summed E-state index contributed by atoms with van der Waals surface area (Å²) < 4.78 is 39.2. The van der Waals surface area contributed by atoms with E-state index >= 15 is 0 Å². The number of hydrogen-bond acceptors (Lipinski definition) is 1. The molecule has 0 aliphatic heterocycles. The summed E-state index contributed by atoms with van der Waals surface area (Å²) >= 11 is 0. The van der Waals surface area contributed by atoms with Gasteiger partial charge >= 0.3 is 6.18 Å². The summed E-state index contributed by atoms with van der Waals surface area (Å²) in [5.74, 6) is 0. The van der Waals surface area contributed by atoms with Crippen molar-refractivity contribution in [2.75, 3.05) is 0 Å². The molecule has 1 aromatic heterocycles. The van der Waals surface area contributed by atoms with Gasteiger partial charge in [-0.05, 0) is 12.1 Å². The molecule has 1 aromatic carbocycles. The lowest BCUT2D eigenvalue weighted by atomic mass is 10.2. The molecule has 0 saturated heterocycles. The number of hydrogen-bond donors (Lipinski definition) is 0. The van der Waals surface area contributed by atoms with Gasteiger partial charge in [0.05, 0.1) is 22.9 Å². The third kappa shape index (κ3) is 1.49. The number of para-hydroxylation sites is 1. The minimum atomic E-state index is -4.37. The molecule has 0 N–H and O–H groups in total. The van der Waals surface area contributed by atoms with Crippen LogP contribution >= 0.6 is 0 Å². The molecule has 0 aliphatic carbocycles. The first-order valence-corrected chi connectivity index (χ1v) is 4.19. The van der Waals surface area contributed by atoms with E-state index in [9.17, 15) is 13.2 Å². The van der Waals surface area contributed by atoms with Gasteiger partial charge < -0.3 is 4.57 Å². The molecule has 0 radical (unpaired) electrons. The van der Waals surface area contributed by atoms with Gasteiger partial charge in [-0.15, -0.1) is 0 Å². The molecule has 0 bridgehead atoms. The molecular formula is C10H7F3N2. The van der Waals surface area contributed by atoms with E-state index in [0.29, 0.717) is 5.52 Å². The average molecular weight is 212 g/mol. The molecule has 0 unspecified atom stereocenters. The highest BCUT2D eigenvalue weighted by Gasteiger charge is 2.33. The van der Waals surface area contributed by atoms with Crippen molar-refractivity contribution in [3.63, 3.8) is 0 Å². The lowest BCUT2D eigenvalue weighted by Crippen LogP contribution is -2.06. The topological polar surface area (TPSA) is 17.8 Å². The van der Waals surface area contributed by atoms with Crippen molar-refractivity contribution in [1.82, 2.24) is 9.55 Å². The summed E-state index contributed by atoms with van der Waals surface area (Å²) in [7, 11) is 0. The molecule has 0 spiro atoms. The maximum Gasteiger partial charge on any atom is 0.418 e. The fraction of sp³-hybridized carbons (Fsp3) is 0.100.